The van der Waals surface area contributed by atoms with E-state index in [9.17, 15) is 14.4 Å². The predicted molar refractivity (Wildman–Crippen MR) is 167 cm³/mol. The van der Waals surface area contributed by atoms with Gasteiger partial charge < -0.3 is 19.1 Å². The molecule has 44 heavy (non-hydrogen) atoms. The van der Waals surface area contributed by atoms with Gasteiger partial charge in [-0.15, -0.1) is 0 Å². The highest BCUT2D eigenvalue weighted by atomic mass is 16.6. The van der Waals surface area contributed by atoms with Gasteiger partial charge in [-0.1, -0.05) is 12.1 Å². The zero-order chi connectivity index (χ0) is 31.3. The molecule has 3 heterocycles. The molecule has 1 aromatic heterocycles. The molecule has 3 aliphatic rings. The van der Waals surface area contributed by atoms with E-state index < -0.39 is 5.60 Å². The first-order valence-corrected chi connectivity index (χ1v) is 15.8. The monoisotopic (exact) mass is 606 g/mol. The zero-order valence-electron chi connectivity index (χ0n) is 26.5. The van der Waals surface area contributed by atoms with Crippen molar-refractivity contribution in [2.24, 2.45) is 11.3 Å². The summed E-state index contributed by atoms with van der Waals surface area (Å²) < 4.78 is 16.9. The summed E-state index contributed by atoms with van der Waals surface area (Å²) in [6.45, 7) is 8.38. The van der Waals surface area contributed by atoms with Crippen LogP contribution in [-0.2, 0) is 16.1 Å². The molecule has 0 radical (unpaired) electrons. The van der Waals surface area contributed by atoms with Gasteiger partial charge in [0.05, 0.1) is 38.3 Å². The van der Waals surface area contributed by atoms with Gasteiger partial charge in [-0.25, -0.2) is 9.59 Å². The molecule has 1 aromatic carbocycles. The summed E-state index contributed by atoms with van der Waals surface area (Å²) >= 11 is 0. The summed E-state index contributed by atoms with van der Waals surface area (Å²) in [5.41, 5.74) is 1.36. The van der Waals surface area contributed by atoms with Crippen LogP contribution in [-0.4, -0.2) is 71.8 Å². The number of carbonyl (C=O) groups is 3. The largest absolute Gasteiger partial charge is 0.497 e. The van der Waals surface area contributed by atoms with Gasteiger partial charge >= 0.3 is 12.1 Å². The van der Waals surface area contributed by atoms with Crippen LogP contribution < -0.4 is 14.4 Å². The molecule has 238 valence electrons. The molecular formula is C34H46N4O6. The second-order valence-corrected chi connectivity index (χ2v) is 13.4. The number of piperidine rings is 1. The lowest BCUT2D eigenvalue weighted by molar-refractivity contribution is -0.129. The van der Waals surface area contributed by atoms with E-state index in [0.717, 1.165) is 43.7 Å². The molecule has 0 atom stereocenters. The molecule has 1 aliphatic carbocycles. The number of rotatable bonds is 8. The van der Waals surface area contributed by atoms with Gasteiger partial charge in [0.15, 0.2) is 0 Å². The van der Waals surface area contributed by atoms with Crippen LogP contribution in [0.4, 0.5) is 15.3 Å². The minimum absolute atomic E-state index is 0.190. The Labute approximate surface area is 260 Å². The maximum Gasteiger partial charge on any atom is 0.410 e. The van der Waals surface area contributed by atoms with Crippen molar-refractivity contribution >= 4 is 23.7 Å². The van der Waals surface area contributed by atoms with E-state index in [-0.39, 0.29) is 31.0 Å². The van der Waals surface area contributed by atoms with Gasteiger partial charge in [-0.2, -0.15) is 0 Å². The number of likely N-dealkylation sites (tertiary alicyclic amines) is 1. The predicted octanol–water partition coefficient (Wildman–Crippen LogP) is 6.43. The maximum atomic E-state index is 13.3. The van der Waals surface area contributed by atoms with Crippen molar-refractivity contribution in [3.63, 3.8) is 0 Å². The Morgan fingerprint density at radius 1 is 0.977 bits per heavy atom. The minimum atomic E-state index is -0.464. The van der Waals surface area contributed by atoms with E-state index in [2.05, 4.69) is 4.98 Å². The lowest BCUT2D eigenvalue weighted by Crippen LogP contribution is -2.52. The molecule has 5 rings (SSSR count). The first kappa shape index (κ1) is 31.6. The van der Waals surface area contributed by atoms with Gasteiger partial charge in [0.2, 0.25) is 5.91 Å². The number of anilines is 1. The highest BCUT2D eigenvalue weighted by molar-refractivity contribution is 6.05. The number of hydrogen-bond acceptors (Lipinski definition) is 7. The first-order valence-electron chi connectivity index (χ1n) is 15.8. The molecule has 10 heteroatoms. The van der Waals surface area contributed by atoms with Gasteiger partial charge in [-0.3, -0.25) is 19.6 Å². The van der Waals surface area contributed by atoms with Gasteiger partial charge in [0.1, 0.15) is 17.1 Å². The van der Waals surface area contributed by atoms with Crippen LogP contribution in [0.2, 0.25) is 0 Å². The van der Waals surface area contributed by atoms with Crippen LogP contribution in [0.25, 0.3) is 0 Å². The second-order valence-electron chi connectivity index (χ2n) is 13.4. The summed E-state index contributed by atoms with van der Waals surface area (Å²) in [7, 11) is 1.60. The normalized spacial score (nSPS) is 19.3. The van der Waals surface area contributed by atoms with Crippen LogP contribution in [0.5, 0.6) is 11.5 Å². The number of ether oxygens (including phenoxy) is 3. The van der Waals surface area contributed by atoms with E-state index in [1.807, 2.05) is 56.0 Å². The summed E-state index contributed by atoms with van der Waals surface area (Å²) in [6, 6.07) is 8.83. The van der Waals surface area contributed by atoms with Gasteiger partial charge in [-0.05, 0) is 94.7 Å². The van der Waals surface area contributed by atoms with Crippen molar-refractivity contribution in [1.29, 1.82) is 0 Å². The Balaban J connectivity index is 1.08. The van der Waals surface area contributed by atoms with Crippen LogP contribution in [0, 0.1) is 11.3 Å². The molecule has 4 amide bonds. The molecule has 1 saturated carbocycles. The fraction of sp³-hybridized carbons (Fsp3) is 0.588. The van der Waals surface area contributed by atoms with Crippen LogP contribution in [0.1, 0.15) is 77.7 Å². The van der Waals surface area contributed by atoms with Crippen LogP contribution >= 0.6 is 0 Å². The highest BCUT2D eigenvalue weighted by Crippen LogP contribution is 2.47. The van der Waals surface area contributed by atoms with E-state index in [1.165, 1.54) is 30.6 Å². The molecule has 10 nitrogen and oxygen atoms in total. The summed E-state index contributed by atoms with van der Waals surface area (Å²) in [6.07, 6.45) is 11.2. The number of methoxy groups -OCH3 is 1. The van der Waals surface area contributed by atoms with Crippen molar-refractivity contribution in [2.45, 2.75) is 84.3 Å². The molecule has 0 unspecified atom stereocenters. The van der Waals surface area contributed by atoms with Crippen LogP contribution in [0.15, 0.2) is 42.7 Å². The number of benzene rings is 1. The number of urea groups is 1. The molecule has 0 N–H and O–H groups in total. The third-order valence-corrected chi connectivity index (χ3v) is 9.26. The molecule has 0 bridgehead atoms. The Bertz CT molecular complexity index is 1310. The number of nitrogens with zero attached hydrogens (tertiary/aromatic N) is 4. The fourth-order valence-corrected chi connectivity index (χ4v) is 6.55. The lowest BCUT2D eigenvalue weighted by Gasteiger charge is -2.46. The number of carbonyl (C=O) groups excluding carboxylic acids is 3. The number of imide groups is 1. The number of amides is 4. The zero-order valence-corrected chi connectivity index (χ0v) is 26.5. The van der Waals surface area contributed by atoms with Crippen molar-refractivity contribution in [2.75, 3.05) is 38.3 Å². The number of pyridine rings is 1. The lowest BCUT2D eigenvalue weighted by atomic mass is 9.65. The Kier molecular flexibility index (Phi) is 9.65. The summed E-state index contributed by atoms with van der Waals surface area (Å²) in [5.74, 6) is 1.77. The van der Waals surface area contributed by atoms with Crippen LogP contribution in [0.3, 0.4) is 0 Å². The topological polar surface area (TPSA) is 102 Å². The Hall–Kier alpha value is -3.82. The number of hydrogen-bond donors (Lipinski definition) is 0. The third-order valence-electron chi connectivity index (χ3n) is 9.26. The summed E-state index contributed by atoms with van der Waals surface area (Å²) in [5, 5.41) is 0. The van der Waals surface area contributed by atoms with E-state index in [0.29, 0.717) is 35.9 Å². The molecule has 1 spiro atoms. The number of aromatic nitrogens is 1. The first-order chi connectivity index (χ1) is 21.0. The fourth-order valence-electron chi connectivity index (χ4n) is 6.55. The molecule has 2 aromatic rings. The third kappa shape index (κ3) is 7.81. The summed E-state index contributed by atoms with van der Waals surface area (Å²) in [4.78, 5) is 47.5. The van der Waals surface area contributed by atoms with E-state index in [1.54, 1.807) is 24.4 Å². The molecular weight excluding hydrogens is 560 g/mol. The smallest absolute Gasteiger partial charge is 0.410 e. The Morgan fingerprint density at radius 2 is 1.68 bits per heavy atom. The highest BCUT2D eigenvalue weighted by Gasteiger charge is 2.40. The van der Waals surface area contributed by atoms with Gasteiger partial charge in [0, 0.05) is 32.1 Å². The van der Waals surface area contributed by atoms with Crippen molar-refractivity contribution < 1.29 is 28.6 Å². The standard InChI is InChI=1S/C34H46N4O6/c1-33(2,3)44-32(41)36-18-15-34(16-19-36)13-9-25(10-14-34)12-20-43-29-21-27(22-35-23-29)37-17-11-30(39)38(31(37)40)24-26-5-7-28(42-4)8-6-26/h5-8,21-23,25H,9-20,24H2,1-4H3. The van der Waals surface area contributed by atoms with E-state index in [4.69, 9.17) is 14.2 Å². The second kappa shape index (κ2) is 13.4. The van der Waals surface area contributed by atoms with Gasteiger partial charge in [0.25, 0.3) is 0 Å². The SMILES string of the molecule is COc1ccc(CN2C(=O)CCN(c3cncc(OCCC4CCC5(CC4)CCN(C(=O)OC(C)(C)C)CC5)c3)C2=O)cc1. The van der Waals surface area contributed by atoms with E-state index >= 15 is 0 Å². The maximum absolute atomic E-state index is 13.3. The molecule has 2 saturated heterocycles. The Morgan fingerprint density at radius 3 is 2.34 bits per heavy atom. The quantitative estimate of drug-likeness (QED) is 0.342. The van der Waals surface area contributed by atoms with Crippen molar-refractivity contribution in [3.8, 4) is 11.5 Å². The van der Waals surface area contributed by atoms with Crippen molar-refractivity contribution in [1.82, 2.24) is 14.8 Å². The average molecular weight is 607 g/mol. The minimum Gasteiger partial charge on any atom is -0.497 e. The van der Waals surface area contributed by atoms with Crippen molar-refractivity contribution in [3.05, 3.63) is 48.3 Å². The molecule has 3 fully saturated rings. The average Bonchev–Trinajstić information content (AvgIpc) is 3.00. The molecule has 2 aliphatic heterocycles.